The Bertz CT molecular complexity index is 424. The summed E-state index contributed by atoms with van der Waals surface area (Å²) in [5, 5.41) is 3.99. The molecule has 0 aliphatic rings. The van der Waals surface area contributed by atoms with E-state index in [0.29, 0.717) is 18.1 Å². The molecule has 80 valence electrons. The first-order chi connectivity index (χ1) is 7.31. The van der Waals surface area contributed by atoms with Crippen LogP contribution in [0, 0.1) is 0 Å². The number of nitrogen functional groups attached to an aromatic ring is 1. The van der Waals surface area contributed by atoms with Crippen molar-refractivity contribution in [3.05, 3.63) is 18.2 Å². The summed E-state index contributed by atoms with van der Waals surface area (Å²) in [6.45, 7) is 0.637. The van der Waals surface area contributed by atoms with Crippen molar-refractivity contribution in [2.24, 2.45) is 0 Å². The van der Waals surface area contributed by atoms with Crippen molar-refractivity contribution in [3.8, 4) is 5.75 Å². The van der Waals surface area contributed by atoms with Gasteiger partial charge in [-0.2, -0.15) is 4.37 Å². The number of rotatable bonds is 4. The Kier molecular flexibility index (Phi) is 2.72. The third kappa shape index (κ3) is 2.01. The summed E-state index contributed by atoms with van der Waals surface area (Å²) in [4.78, 5) is 6.91. The van der Waals surface area contributed by atoms with Gasteiger partial charge in [0.15, 0.2) is 16.6 Å². The minimum atomic E-state index is 0.412. The molecule has 15 heavy (non-hydrogen) atoms. The van der Waals surface area contributed by atoms with Crippen molar-refractivity contribution < 1.29 is 4.74 Å². The van der Waals surface area contributed by atoms with E-state index >= 15 is 0 Å². The van der Waals surface area contributed by atoms with Crippen molar-refractivity contribution in [2.75, 3.05) is 18.2 Å². The van der Waals surface area contributed by atoms with Gasteiger partial charge in [0, 0.05) is 6.20 Å². The molecule has 0 atom stereocenters. The van der Waals surface area contributed by atoms with E-state index < -0.39 is 0 Å². The van der Waals surface area contributed by atoms with Gasteiger partial charge in [0.05, 0.1) is 25.7 Å². The lowest BCUT2D eigenvalue weighted by Gasteiger charge is -2.03. The molecule has 0 aliphatic heterocycles. The molecule has 0 saturated heterocycles. The third-order valence-electron chi connectivity index (χ3n) is 1.87. The molecule has 2 heterocycles. The first-order valence-corrected chi connectivity index (χ1v) is 5.09. The molecule has 0 aromatic carbocycles. The molecule has 0 unspecified atom stereocenters. The summed E-state index contributed by atoms with van der Waals surface area (Å²) >= 11 is 1.28. The van der Waals surface area contributed by atoms with Crippen LogP contribution in [0.15, 0.2) is 12.5 Å². The molecule has 2 aromatic heterocycles. The van der Waals surface area contributed by atoms with Crippen LogP contribution in [0.2, 0.25) is 0 Å². The molecule has 0 amide bonds. The predicted octanol–water partition coefficient (Wildman–Crippen LogP) is 1.07. The highest BCUT2D eigenvalue weighted by molar-refractivity contribution is 7.11. The Balaban J connectivity index is 2.05. The average Bonchev–Trinajstić information content (AvgIpc) is 2.84. The van der Waals surface area contributed by atoms with E-state index in [9.17, 15) is 0 Å². The molecule has 4 N–H and O–H groups in total. The van der Waals surface area contributed by atoms with Gasteiger partial charge < -0.3 is 20.8 Å². The van der Waals surface area contributed by atoms with E-state index in [4.69, 9.17) is 10.5 Å². The minimum absolute atomic E-state index is 0.412. The fourth-order valence-corrected chi connectivity index (χ4v) is 1.84. The number of nitrogens with one attached hydrogen (secondary N) is 2. The van der Waals surface area contributed by atoms with Crippen LogP contribution in [0.1, 0.15) is 5.69 Å². The van der Waals surface area contributed by atoms with Crippen LogP contribution in [0.3, 0.4) is 0 Å². The minimum Gasteiger partial charge on any atom is -0.490 e. The van der Waals surface area contributed by atoms with Crippen LogP contribution >= 0.6 is 11.5 Å². The van der Waals surface area contributed by atoms with Crippen molar-refractivity contribution in [1.82, 2.24) is 14.3 Å². The summed E-state index contributed by atoms with van der Waals surface area (Å²) in [7, 11) is 1.57. The molecule has 0 spiro atoms. The number of ether oxygens (including phenoxy) is 1. The Labute approximate surface area is 90.7 Å². The zero-order valence-corrected chi connectivity index (χ0v) is 8.97. The SMILES string of the molecule is COc1c(N)nsc1NCc1cnc[nH]1. The zero-order chi connectivity index (χ0) is 10.7. The van der Waals surface area contributed by atoms with Gasteiger partial charge in [-0.15, -0.1) is 0 Å². The largest absolute Gasteiger partial charge is 0.490 e. The van der Waals surface area contributed by atoms with Gasteiger partial charge in [0.25, 0.3) is 0 Å². The van der Waals surface area contributed by atoms with Gasteiger partial charge >= 0.3 is 0 Å². The maximum absolute atomic E-state index is 5.61. The number of methoxy groups -OCH3 is 1. The van der Waals surface area contributed by atoms with Gasteiger partial charge in [-0.25, -0.2) is 4.98 Å². The van der Waals surface area contributed by atoms with Gasteiger partial charge in [0.2, 0.25) is 0 Å². The molecule has 6 nitrogen and oxygen atoms in total. The standard InChI is InChI=1S/C8H11N5OS/c1-14-6-7(9)13-15-8(6)11-3-5-2-10-4-12-5/h2,4,11H,3H2,1H3,(H2,9,13)(H,10,12). The van der Waals surface area contributed by atoms with Gasteiger partial charge in [-0.1, -0.05) is 0 Å². The zero-order valence-electron chi connectivity index (χ0n) is 8.15. The topological polar surface area (TPSA) is 88.8 Å². The van der Waals surface area contributed by atoms with Crippen molar-refractivity contribution in [1.29, 1.82) is 0 Å². The van der Waals surface area contributed by atoms with E-state index in [0.717, 1.165) is 10.7 Å². The fourth-order valence-electron chi connectivity index (χ4n) is 1.16. The van der Waals surface area contributed by atoms with Crippen molar-refractivity contribution in [2.45, 2.75) is 6.54 Å². The number of H-pyrrole nitrogens is 1. The Morgan fingerprint density at radius 1 is 1.67 bits per heavy atom. The lowest BCUT2D eigenvalue weighted by molar-refractivity contribution is 0.419. The highest BCUT2D eigenvalue weighted by atomic mass is 32.1. The second-order valence-electron chi connectivity index (χ2n) is 2.86. The fraction of sp³-hybridized carbons (Fsp3) is 0.250. The number of aromatic nitrogens is 3. The second kappa shape index (κ2) is 4.18. The number of anilines is 2. The molecule has 7 heteroatoms. The van der Waals surface area contributed by atoms with E-state index in [-0.39, 0.29) is 0 Å². The number of hydrogen-bond donors (Lipinski definition) is 3. The van der Waals surface area contributed by atoms with Gasteiger partial charge in [-0.3, -0.25) is 0 Å². The quantitative estimate of drug-likeness (QED) is 0.724. The Hall–Kier alpha value is -1.76. The summed E-state index contributed by atoms with van der Waals surface area (Å²) in [6.07, 6.45) is 3.39. The lowest BCUT2D eigenvalue weighted by atomic mass is 10.4. The van der Waals surface area contributed by atoms with Crippen LogP contribution in [0.4, 0.5) is 10.8 Å². The summed E-state index contributed by atoms with van der Waals surface area (Å²) in [5.41, 5.74) is 6.60. The van der Waals surface area contributed by atoms with E-state index in [1.165, 1.54) is 11.5 Å². The number of nitrogens with two attached hydrogens (primary N) is 1. The van der Waals surface area contributed by atoms with Crippen LogP contribution in [-0.2, 0) is 6.54 Å². The first-order valence-electron chi connectivity index (χ1n) is 4.31. The van der Waals surface area contributed by atoms with Gasteiger partial charge in [-0.05, 0) is 11.5 Å². The maximum atomic E-state index is 5.61. The average molecular weight is 225 g/mol. The predicted molar refractivity (Wildman–Crippen MR) is 59.0 cm³/mol. The summed E-state index contributed by atoms with van der Waals surface area (Å²) in [5.74, 6) is 1.01. The molecular weight excluding hydrogens is 214 g/mol. The normalized spacial score (nSPS) is 10.2. The second-order valence-corrected chi connectivity index (χ2v) is 3.63. The highest BCUT2D eigenvalue weighted by Crippen LogP contribution is 2.34. The monoisotopic (exact) mass is 225 g/mol. The van der Waals surface area contributed by atoms with E-state index in [1.54, 1.807) is 19.6 Å². The maximum Gasteiger partial charge on any atom is 0.197 e. The Morgan fingerprint density at radius 3 is 3.20 bits per heavy atom. The number of hydrogen-bond acceptors (Lipinski definition) is 6. The molecule has 0 saturated carbocycles. The molecule has 0 radical (unpaired) electrons. The molecular formula is C8H11N5OS. The van der Waals surface area contributed by atoms with Gasteiger partial charge in [0.1, 0.15) is 0 Å². The van der Waals surface area contributed by atoms with Crippen molar-refractivity contribution >= 4 is 22.4 Å². The Morgan fingerprint density at radius 2 is 2.53 bits per heavy atom. The molecule has 2 aromatic rings. The molecule has 0 aliphatic carbocycles. The molecule has 0 fully saturated rings. The van der Waals surface area contributed by atoms with Crippen LogP contribution in [0.25, 0.3) is 0 Å². The van der Waals surface area contributed by atoms with E-state index in [2.05, 4.69) is 19.7 Å². The van der Waals surface area contributed by atoms with Crippen LogP contribution in [-0.4, -0.2) is 21.5 Å². The molecule has 0 bridgehead atoms. The summed E-state index contributed by atoms with van der Waals surface area (Å²) in [6, 6.07) is 0. The highest BCUT2D eigenvalue weighted by Gasteiger charge is 2.11. The van der Waals surface area contributed by atoms with Crippen molar-refractivity contribution in [3.63, 3.8) is 0 Å². The van der Waals surface area contributed by atoms with E-state index in [1.807, 2.05) is 0 Å². The molecule has 2 rings (SSSR count). The summed E-state index contributed by atoms with van der Waals surface area (Å²) < 4.78 is 9.11. The number of nitrogens with zero attached hydrogens (tertiary/aromatic N) is 2. The van der Waals surface area contributed by atoms with Crippen LogP contribution < -0.4 is 15.8 Å². The lowest BCUT2D eigenvalue weighted by Crippen LogP contribution is -1.99. The smallest absolute Gasteiger partial charge is 0.197 e. The van der Waals surface area contributed by atoms with Crippen LogP contribution in [0.5, 0.6) is 5.75 Å². The number of aromatic amines is 1. The first kappa shape index (κ1) is 9.78. The number of imidazole rings is 1. The third-order valence-corrected chi connectivity index (χ3v) is 2.67.